The van der Waals surface area contributed by atoms with E-state index in [1.54, 1.807) is 0 Å². The minimum Gasteiger partial charge on any atom is -0.387 e. The molecule has 1 saturated carbocycles. The van der Waals surface area contributed by atoms with E-state index < -0.39 is 17.7 Å². The smallest absolute Gasteiger partial charge is 0.159 e. The largest absolute Gasteiger partial charge is 0.387 e. The van der Waals surface area contributed by atoms with Crippen LogP contribution < -0.4 is 0 Å². The van der Waals surface area contributed by atoms with Crippen molar-refractivity contribution in [3.63, 3.8) is 0 Å². The number of rotatable bonds is 4. The van der Waals surface area contributed by atoms with E-state index >= 15 is 0 Å². The summed E-state index contributed by atoms with van der Waals surface area (Å²) >= 11 is 0. The molecule has 1 unspecified atom stereocenters. The van der Waals surface area contributed by atoms with Crippen LogP contribution in [0.15, 0.2) is 18.2 Å². The third-order valence-electron chi connectivity index (χ3n) is 4.56. The van der Waals surface area contributed by atoms with Gasteiger partial charge in [-0.05, 0) is 30.5 Å². The van der Waals surface area contributed by atoms with Crippen molar-refractivity contribution in [3.8, 4) is 0 Å². The number of hydrogen-bond donors (Lipinski definition) is 1. The van der Waals surface area contributed by atoms with Gasteiger partial charge in [-0.3, -0.25) is 4.90 Å². The molecule has 5 nitrogen and oxygen atoms in total. The van der Waals surface area contributed by atoms with Crippen molar-refractivity contribution in [1.29, 1.82) is 0 Å². The Bertz CT molecular complexity index is 729. The fourth-order valence-corrected chi connectivity index (χ4v) is 3.10. The Morgan fingerprint density at radius 3 is 2.74 bits per heavy atom. The molecule has 2 heterocycles. The van der Waals surface area contributed by atoms with Gasteiger partial charge >= 0.3 is 0 Å². The summed E-state index contributed by atoms with van der Waals surface area (Å²) in [5.74, 6) is 0.723. The standard InChI is InChI=1S/C16H18F2N4O/c17-12-4-3-11(7-13(12)18)14(23)8-21-5-6-22-15(9-21)19-20-16(22)10-1-2-10/h3-4,7,10,14,23H,1-2,5-6,8-9H2. The summed E-state index contributed by atoms with van der Waals surface area (Å²) in [6, 6.07) is 3.51. The Hall–Kier alpha value is -1.86. The van der Waals surface area contributed by atoms with Crippen molar-refractivity contribution in [2.24, 2.45) is 0 Å². The summed E-state index contributed by atoms with van der Waals surface area (Å²) < 4.78 is 28.4. The Labute approximate surface area is 132 Å². The highest BCUT2D eigenvalue weighted by atomic mass is 19.2. The molecule has 0 bridgehead atoms. The fraction of sp³-hybridized carbons (Fsp3) is 0.500. The summed E-state index contributed by atoms with van der Waals surface area (Å²) in [5.41, 5.74) is 0.384. The molecule has 23 heavy (non-hydrogen) atoms. The molecule has 2 aliphatic rings. The second-order valence-electron chi connectivity index (χ2n) is 6.32. The molecule has 1 aromatic heterocycles. The third-order valence-corrected chi connectivity index (χ3v) is 4.56. The quantitative estimate of drug-likeness (QED) is 0.936. The maximum Gasteiger partial charge on any atom is 0.159 e. The molecule has 1 fully saturated rings. The van der Waals surface area contributed by atoms with Gasteiger partial charge in [0.05, 0.1) is 12.6 Å². The zero-order valence-electron chi connectivity index (χ0n) is 12.6. The van der Waals surface area contributed by atoms with E-state index in [1.807, 2.05) is 0 Å². The number of hydrogen-bond acceptors (Lipinski definition) is 4. The Balaban J connectivity index is 1.44. The van der Waals surface area contributed by atoms with Crippen LogP contribution in [0.3, 0.4) is 0 Å². The number of aliphatic hydroxyl groups is 1. The van der Waals surface area contributed by atoms with Gasteiger partial charge < -0.3 is 9.67 Å². The number of aliphatic hydroxyl groups excluding tert-OH is 1. The molecule has 4 rings (SSSR count). The Morgan fingerprint density at radius 1 is 1.17 bits per heavy atom. The van der Waals surface area contributed by atoms with Crippen LogP contribution in [0.4, 0.5) is 8.78 Å². The molecular formula is C16H18F2N4O. The highest BCUT2D eigenvalue weighted by Crippen LogP contribution is 2.39. The second kappa shape index (κ2) is 5.65. The molecule has 2 aromatic rings. The van der Waals surface area contributed by atoms with E-state index in [9.17, 15) is 13.9 Å². The average Bonchev–Trinajstić information content (AvgIpc) is 3.30. The predicted molar refractivity (Wildman–Crippen MR) is 78.6 cm³/mol. The summed E-state index contributed by atoms with van der Waals surface area (Å²) in [5, 5.41) is 18.8. The minimum atomic E-state index is -0.936. The number of fused-ring (bicyclic) bond motifs is 1. The normalized spacial score (nSPS) is 19.6. The Kier molecular flexibility index (Phi) is 3.61. The molecule has 7 heteroatoms. The molecule has 0 amide bonds. The van der Waals surface area contributed by atoms with E-state index in [0.29, 0.717) is 24.6 Å². The maximum absolute atomic E-state index is 13.3. The van der Waals surface area contributed by atoms with Gasteiger partial charge in [0.25, 0.3) is 0 Å². The lowest BCUT2D eigenvalue weighted by Gasteiger charge is -2.29. The zero-order chi connectivity index (χ0) is 16.0. The van der Waals surface area contributed by atoms with Crippen molar-refractivity contribution in [3.05, 3.63) is 47.0 Å². The lowest BCUT2D eigenvalue weighted by molar-refractivity contribution is 0.0956. The van der Waals surface area contributed by atoms with Gasteiger partial charge in [0, 0.05) is 25.6 Å². The summed E-state index contributed by atoms with van der Waals surface area (Å²) in [7, 11) is 0. The average molecular weight is 320 g/mol. The third kappa shape index (κ3) is 2.86. The molecule has 0 radical (unpaired) electrons. The van der Waals surface area contributed by atoms with Gasteiger partial charge in [0.2, 0.25) is 0 Å². The van der Waals surface area contributed by atoms with E-state index in [-0.39, 0.29) is 0 Å². The second-order valence-corrected chi connectivity index (χ2v) is 6.32. The van der Waals surface area contributed by atoms with Crippen LogP contribution in [0.25, 0.3) is 0 Å². The van der Waals surface area contributed by atoms with Gasteiger partial charge in [0.15, 0.2) is 11.6 Å². The SMILES string of the molecule is OC(CN1CCn2c(nnc2C2CC2)C1)c1ccc(F)c(F)c1. The first kappa shape index (κ1) is 14.7. The number of β-amino-alcohol motifs (C(OH)–C–C–N with tert-alkyl or cyclic N) is 1. The van der Waals surface area contributed by atoms with E-state index in [4.69, 9.17) is 0 Å². The van der Waals surface area contributed by atoms with Crippen molar-refractivity contribution in [2.45, 2.75) is 38.0 Å². The molecular weight excluding hydrogens is 302 g/mol. The monoisotopic (exact) mass is 320 g/mol. The highest BCUT2D eigenvalue weighted by molar-refractivity contribution is 5.20. The molecule has 1 aliphatic heterocycles. The molecule has 0 saturated heterocycles. The number of benzene rings is 1. The number of aromatic nitrogens is 3. The van der Waals surface area contributed by atoms with Gasteiger partial charge in [-0.1, -0.05) is 6.07 Å². The van der Waals surface area contributed by atoms with Crippen LogP contribution in [-0.2, 0) is 13.1 Å². The molecule has 1 aliphatic carbocycles. The van der Waals surface area contributed by atoms with Gasteiger partial charge in [-0.25, -0.2) is 8.78 Å². The van der Waals surface area contributed by atoms with Crippen LogP contribution in [0.2, 0.25) is 0 Å². The fourth-order valence-electron chi connectivity index (χ4n) is 3.10. The van der Waals surface area contributed by atoms with Crippen molar-refractivity contribution >= 4 is 0 Å². The lowest BCUT2D eigenvalue weighted by Crippen LogP contribution is -2.37. The van der Waals surface area contributed by atoms with Gasteiger partial charge in [-0.15, -0.1) is 10.2 Å². The molecule has 1 atom stereocenters. The highest BCUT2D eigenvalue weighted by Gasteiger charge is 2.32. The molecule has 1 aromatic carbocycles. The van der Waals surface area contributed by atoms with Crippen LogP contribution >= 0.6 is 0 Å². The first-order valence-corrected chi connectivity index (χ1v) is 7.89. The molecule has 1 N–H and O–H groups in total. The van der Waals surface area contributed by atoms with Gasteiger partial charge in [0.1, 0.15) is 11.6 Å². The van der Waals surface area contributed by atoms with Crippen LogP contribution in [-0.4, -0.2) is 37.9 Å². The Morgan fingerprint density at radius 2 is 2.00 bits per heavy atom. The van der Waals surface area contributed by atoms with Crippen molar-refractivity contribution in [2.75, 3.05) is 13.1 Å². The molecule has 0 spiro atoms. The molecule has 122 valence electrons. The number of halogens is 2. The topological polar surface area (TPSA) is 54.2 Å². The first-order chi connectivity index (χ1) is 11.1. The first-order valence-electron chi connectivity index (χ1n) is 7.89. The van der Waals surface area contributed by atoms with Crippen molar-refractivity contribution in [1.82, 2.24) is 19.7 Å². The van der Waals surface area contributed by atoms with E-state index in [2.05, 4.69) is 19.7 Å². The summed E-state index contributed by atoms with van der Waals surface area (Å²) in [6.45, 7) is 2.56. The predicted octanol–water partition coefficient (Wildman–Crippen LogP) is 1.98. The zero-order valence-corrected chi connectivity index (χ0v) is 12.6. The van der Waals surface area contributed by atoms with Crippen LogP contribution in [0.5, 0.6) is 0 Å². The van der Waals surface area contributed by atoms with Crippen molar-refractivity contribution < 1.29 is 13.9 Å². The van der Waals surface area contributed by atoms with Gasteiger partial charge in [-0.2, -0.15) is 0 Å². The van der Waals surface area contributed by atoms with E-state index in [0.717, 1.165) is 36.9 Å². The lowest BCUT2D eigenvalue weighted by atomic mass is 10.1. The summed E-state index contributed by atoms with van der Waals surface area (Å²) in [4.78, 5) is 2.06. The van der Waals surface area contributed by atoms with Crippen LogP contribution in [0, 0.1) is 11.6 Å². The number of nitrogens with zero attached hydrogens (tertiary/aromatic N) is 4. The maximum atomic E-state index is 13.3. The summed E-state index contributed by atoms with van der Waals surface area (Å²) in [6.07, 6.45) is 1.52. The van der Waals surface area contributed by atoms with Crippen LogP contribution in [0.1, 0.15) is 42.1 Å². The van der Waals surface area contributed by atoms with E-state index in [1.165, 1.54) is 18.9 Å². The minimum absolute atomic E-state index is 0.358.